The van der Waals surface area contributed by atoms with Gasteiger partial charge in [0.25, 0.3) is 5.91 Å². The second-order valence-corrected chi connectivity index (χ2v) is 9.70. The van der Waals surface area contributed by atoms with E-state index in [9.17, 15) is 19.5 Å². The maximum atomic E-state index is 12.7. The summed E-state index contributed by atoms with van der Waals surface area (Å²) in [4.78, 5) is 37.8. The zero-order valence-electron chi connectivity index (χ0n) is 18.8. The van der Waals surface area contributed by atoms with E-state index in [2.05, 4.69) is 29.6 Å². The van der Waals surface area contributed by atoms with Crippen molar-refractivity contribution in [1.82, 2.24) is 10.2 Å². The van der Waals surface area contributed by atoms with Crippen LogP contribution in [-0.4, -0.2) is 58.7 Å². The minimum absolute atomic E-state index is 0.0293. The summed E-state index contributed by atoms with van der Waals surface area (Å²) < 4.78 is 11.1. The number of thioether (sulfide) groups is 1. The molecule has 0 saturated carbocycles. The second kappa shape index (κ2) is 9.87. The standard InChI is InChI=1S/C26H24N2O6S/c29-24(28-11-12-35-23(14-28)25(30)31)22-10-9-16(34-22)13-27-26(32)33-15-21-19-7-3-1-5-17(19)18-6-2-4-8-20(18)21/h1-10,21,23H,11-15H2,(H,27,32)(H,30,31). The van der Waals surface area contributed by atoms with E-state index >= 15 is 0 Å². The summed E-state index contributed by atoms with van der Waals surface area (Å²) >= 11 is 1.32. The molecule has 1 saturated heterocycles. The Morgan fingerprint density at radius 2 is 1.71 bits per heavy atom. The van der Waals surface area contributed by atoms with Gasteiger partial charge in [-0.25, -0.2) is 4.79 Å². The molecule has 8 nitrogen and oxygen atoms in total. The lowest BCUT2D eigenvalue weighted by Gasteiger charge is -2.29. The van der Waals surface area contributed by atoms with Crippen LogP contribution in [0.3, 0.4) is 0 Å². The van der Waals surface area contributed by atoms with E-state index in [0.717, 1.165) is 22.3 Å². The first kappa shape index (κ1) is 23.0. The molecule has 1 aliphatic carbocycles. The first-order valence-corrected chi connectivity index (χ1v) is 12.4. The summed E-state index contributed by atoms with van der Waals surface area (Å²) in [5.41, 5.74) is 4.59. The van der Waals surface area contributed by atoms with E-state index in [4.69, 9.17) is 9.15 Å². The van der Waals surface area contributed by atoms with E-state index in [1.54, 1.807) is 6.07 Å². The van der Waals surface area contributed by atoms with Gasteiger partial charge >= 0.3 is 12.1 Å². The maximum absolute atomic E-state index is 12.7. The zero-order valence-corrected chi connectivity index (χ0v) is 19.6. The monoisotopic (exact) mass is 492 g/mol. The summed E-state index contributed by atoms with van der Waals surface area (Å²) in [5, 5.41) is 11.2. The lowest BCUT2D eigenvalue weighted by Crippen LogP contribution is -2.44. The van der Waals surface area contributed by atoms with Crippen LogP contribution < -0.4 is 5.32 Å². The highest BCUT2D eigenvalue weighted by atomic mass is 32.2. The van der Waals surface area contributed by atoms with Gasteiger partial charge in [-0.3, -0.25) is 9.59 Å². The molecule has 1 unspecified atom stereocenters. The Labute approximate surface area is 206 Å². The molecule has 0 spiro atoms. The van der Waals surface area contributed by atoms with Gasteiger partial charge in [-0.05, 0) is 34.4 Å². The van der Waals surface area contributed by atoms with Gasteiger partial charge in [0.1, 0.15) is 17.6 Å². The number of rotatable bonds is 6. The van der Waals surface area contributed by atoms with Gasteiger partial charge in [0.2, 0.25) is 0 Å². The molecule has 9 heteroatoms. The van der Waals surface area contributed by atoms with E-state index in [-0.39, 0.29) is 37.3 Å². The van der Waals surface area contributed by atoms with E-state index in [1.165, 1.54) is 22.7 Å². The Balaban J connectivity index is 1.15. The first-order valence-electron chi connectivity index (χ1n) is 11.3. The third-order valence-corrected chi connectivity index (χ3v) is 7.42. The number of carboxylic acids is 1. The molecule has 1 aromatic heterocycles. The highest BCUT2D eigenvalue weighted by Crippen LogP contribution is 2.44. The lowest BCUT2D eigenvalue weighted by molar-refractivity contribution is -0.136. The van der Waals surface area contributed by atoms with Crippen LogP contribution >= 0.6 is 11.8 Å². The number of nitrogens with zero attached hydrogens (tertiary/aromatic N) is 1. The maximum Gasteiger partial charge on any atom is 0.407 e. The largest absolute Gasteiger partial charge is 0.480 e. The normalized spacial score (nSPS) is 16.9. The molecule has 5 rings (SSSR count). The quantitative estimate of drug-likeness (QED) is 0.536. The van der Waals surface area contributed by atoms with Crippen LogP contribution in [0.4, 0.5) is 4.79 Å². The number of hydrogen-bond acceptors (Lipinski definition) is 6. The van der Waals surface area contributed by atoms with Crippen molar-refractivity contribution in [2.45, 2.75) is 17.7 Å². The number of carbonyl (C=O) groups is 3. The molecule has 2 aliphatic rings. The van der Waals surface area contributed by atoms with Crippen LogP contribution in [0.1, 0.15) is 33.4 Å². The highest BCUT2D eigenvalue weighted by molar-refractivity contribution is 8.00. The predicted molar refractivity (Wildman–Crippen MR) is 130 cm³/mol. The van der Waals surface area contributed by atoms with Crippen LogP contribution in [0.15, 0.2) is 65.1 Å². The molecule has 1 aliphatic heterocycles. The molecule has 3 aromatic rings. The Hall–Kier alpha value is -3.72. The smallest absolute Gasteiger partial charge is 0.407 e. The van der Waals surface area contributed by atoms with Crippen molar-refractivity contribution in [2.24, 2.45) is 0 Å². The minimum Gasteiger partial charge on any atom is -0.480 e. The molecule has 1 fully saturated rings. The molecule has 2 amide bonds. The number of fused-ring (bicyclic) bond motifs is 3. The molecule has 180 valence electrons. The fraction of sp³-hybridized carbons (Fsp3) is 0.269. The van der Waals surface area contributed by atoms with Crippen LogP contribution in [0.2, 0.25) is 0 Å². The Morgan fingerprint density at radius 3 is 2.40 bits per heavy atom. The SMILES string of the molecule is O=C(NCc1ccc(C(=O)N2CCSC(C(=O)O)C2)o1)OCC1c2ccccc2-c2ccccc21. The van der Waals surface area contributed by atoms with Crippen LogP contribution in [0, 0.1) is 0 Å². The number of furan rings is 1. The number of hydrogen-bond donors (Lipinski definition) is 2. The summed E-state index contributed by atoms with van der Waals surface area (Å²) in [5.74, 6) is -0.241. The number of nitrogens with one attached hydrogen (secondary N) is 1. The van der Waals surface area contributed by atoms with Crippen molar-refractivity contribution < 1.29 is 28.6 Å². The highest BCUT2D eigenvalue weighted by Gasteiger charge is 2.31. The number of amides is 2. The van der Waals surface area contributed by atoms with Gasteiger partial charge in [-0.1, -0.05) is 48.5 Å². The van der Waals surface area contributed by atoms with E-state index in [1.807, 2.05) is 24.3 Å². The first-order chi connectivity index (χ1) is 17.0. The number of carbonyl (C=O) groups excluding carboxylic acids is 2. The fourth-order valence-electron chi connectivity index (χ4n) is 4.54. The van der Waals surface area contributed by atoms with Crippen LogP contribution in [0.25, 0.3) is 11.1 Å². The molecule has 2 N–H and O–H groups in total. The van der Waals surface area contributed by atoms with Gasteiger partial charge < -0.3 is 24.5 Å². The van der Waals surface area contributed by atoms with Crippen molar-refractivity contribution in [2.75, 3.05) is 25.4 Å². The zero-order chi connectivity index (χ0) is 24.4. The average molecular weight is 493 g/mol. The van der Waals surface area contributed by atoms with Crippen molar-refractivity contribution in [3.05, 3.63) is 83.3 Å². The molecular formula is C26H24N2O6S. The number of aliphatic carboxylic acids is 1. The van der Waals surface area contributed by atoms with Crippen LogP contribution in [0.5, 0.6) is 0 Å². The fourth-order valence-corrected chi connectivity index (χ4v) is 5.57. The Bertz CT molecular complexity index is 1230. The molecule has 2 heterocycles. The van der Waals surface area contributed by atoms with E-state index < -0.39 is 17.3 Å². The average Bonchev–Trinajstić information content (AvgIpc) is 3.49. The summed E-state index contributed by atoms with van der Waals surface area (Å²) in [6.07, 6.45) is -0.575. The second-order valence-electron chi connectivity index (χ2n) is 8.39. The predicted octanol–water partition coefficient (Wildman–Crippen LogP) is 3.96. The Kier molecular flexibility index (Phi) is 6.50. The van der Waals surface area contributed by atoms with E-state index in [0.29, 0.717) is 18.1 Å². The van der Waals surface area contributed by atoms with Crippen LogP contribution in [-0.2, 0) is 16.1 Å². The summed E-state index contributed by atoms with van der Waals surface area (Å²) in [7, 11) is 0. The van der Waals surface area contributed by atoms with Crippen molar-refractivity contribution in [1.29, 1.82) is 0 Å². The molecule has 1 atom stereocenters. The number of alkyl carbamates (subject to hydrolysis) is 1. The third-order valence-electron chi connectivity index (χ3n) is 6.25. The molecule has 35 heavy (non-hydrogen) atoms. The summed E-state index contributed by atoms with van der Waals surface area (Å²) in [6.45, 7) is 0.866. The van der Waals surface area contributed by atoms with Crippen molar-refractivity contribution in [3.63, 3.8) is 0 Å². The number of carboxylic acid groups (broad SMARTS) is 1. The summed E-state index contributed by atoms with van der Waals surface area (Å²) in [6, 6.07) is 19.4. The number of ether oxygens (including phenoxy) is 1. The van der Waals surface area contributed by atoms with Gasteiger partial charge in [-0.15, -0.1) is 11.8 Å². The number of benzene rings is 2. The van der Waals surface area contributed by atoms with Gasteiger partial charge in [-0.2, -0.15) is 0 Å². The van der Waals surface area contributed by atoms with Gasteiger partial charge in [0.05, 0.1) is 6.54 Å². The topological polar surface area (TPSA) is 109 Å². The molecular weight excluding hydrogens is 468 g/mol. The molecule has 2 aromatic carbocycles. The minimum atomic E-state index is -0.931. The van der Waals surface area contributed by atoms with Gasteiger partial charge in [0.15, 0.2) is 5.76 Å². The molecule has 0 bridgehead atoms. The van der Waals surface area contributed by atoms with Gasteiger partial charge in [0, 0.05) is 24.8 Å². The molecule has 0 radical (unpaired) electrons. The Morgan fingerprint density at radius 1 is 1.03 bits per heavy atom. The third kappa shape index (κ3) is 4.77. The van der Waals surface area contributed by atoms with Crippen molar-refractivity contribution in [3.8, 4) is 11.1 Å². The lowest BCUT2D eigenvalue weighted by atomic mass is 9.98. The van der Waals surface area contributed by atoms with Crippen molar-refractivity contribution >= 4 is 29.7 Å².